The van der Waals surface area contributed by atoms with Crippen LogP contribution in [0.4, 0.5) is 34.1 Å². The average molecular weight is 521 g/mol. The lowest BCUT2D eigenvalue weighted by Crippen LogP contribution is -2.61. The predicted octanol–water partition coefficient (Wildman–Crippen LogP) is 7.31. The van der Waals surface area contributed by atoms with Gasteiger partial charge in [-0.15, -0.1) is 0 Å². The first-order valence-corrected chi connectivity index (χ1v) is 13.9. The smallest absolute Gasteiger partial charge is 0.252 e. The van der Waals surface area contributed by atoms with Gasteiger partial charge in [-0.2, -0.15) is 5.26 Å². The Morgan fingerprint density at radius 2 is 1.05 bits per heavy atom. The number of rotatable bonds is 3. The van der Waals surface area contributed by atoms with Crippen LogP contribution in [0.5, 0.6) is 0 Å². The van der Waals surface area contributed by atoms with E-state index in [-0.39, 0.29) is 6.71 Å². The minimum atomic E-state index is -0.00996. The van der Waals surface area contributed by atoms with E-state index in [0.717, 1.165) is 50.7 Å². The van der Waals surface area contributed by atoms with Crippen molar-refractivity contribution < 1.29 is 0 Å². The summed E-state index contributed by atoms with van der Waals surface area (Å²) in [5, 5.41) is 10.4. The molecule has 8 rings (SSSR count). The Kier molecular flexibility index (Phi) is 5.30. The Bertz CT molecular complexity index is 1960. The Morgan fingerprint density at radius 1 is 0.488 bits per heavy atom. The molecule has 0 amide bonds. The van der Waals surface area contributed by atoms with E-state index in [9.17, 15) is 5.26 Å². The molecule has 4 heteroatoms. The normalized spacial score (nSPS) is 12.7. The zero-order chi connectivity index (χ0) is 27.3. The van der Waals surface area contributed by atoms with Gasteiger partial charge in [-0.1, -0.05) is 97.1 Å². The molecule has 6 aromatic carbocycles. The van der Waals surface area contributed by atoms with Gasteiger partial charge in [0.25, 0.3) is 6.71 Å². The molecule has 0 unspecified atom stereocenters. The topological polar surface area (TPSA) is 30.3 Å². The summed E-state index contributed by atoms with van der Waals surface area (Å²) in [6, 6.07) is 53.6. The zero-order valence-electron chi connectivity index (χ0n) is 22.3. The van der Waals surface area contributed by atoms with Crippen LogP contribution in [0.2, 0.25) is 0 Å². The highest BCUT2D eigenvalue weighted by molar-refractivity contribution is 7.00. The monoisotopic (exact) mass is 521 g/mol. The van der Waals surface area contributed by atoms with Crippen LogP contribution in [0.3, 0.4) is 0 Å². The maximum Gasteiger partial charge on any atom is 0.252 e. The Labute approximate surface area is 240 Å². The van der Waals surface area contributed by atoms with Gasteiger partial charge in [-0.3, -0.25) is 0 Å². The van der Waals surface area contributed by atoms with E-state index in [4.69, 9.17) is 0 Å². The SMILES string of the molecule is N#Cc1cccc2c1N(c1ccccc1)c1cc(-c3ccccc3)cc3c1B2c1ccccc1N3c1ccccc1. The van der Waals surface area contributed by atoms with Crippen LogP contribution in [0.25, 0.3) is 11.1 Å². The highest BCUT2D eigenvalue weighted by Gasteiger charge is 2.44. The Hall–Kier alpha value is -5.53. The summed E-state index contributed by atoms with van der Waals surface area (Å²) in [5.41, 5.74) is 13.1. The molecule has 6 aromatic rings. The van der Waals surface area contributed by atoms with Crippen molar-refractivity contribution in [2.45, 2.75) is 0 Å². The van der Waals surface area contributed by atoms with Crippen LogP contribution in [0.15, 0.2) is 146 Å². The van der Waals surface area contributed by atoms with Gasteiger partial charge in [0.15, 0.2) is 0 Å². The summed E-state index contributed by atoms with van der Waals surface area (Å²) in [7, 11) is 0. The first kappa shape index (κ1) is 23.4. The molecule has 2 aliphatic heterocycles. The van der Waals surface area contributed by atoms with Gasteiger partial charge in [0, 0.05) is 28.4 Å². The van der Waals surface area contributed by atoms with Gasteiger partial charge in [0.05, 0.1) is 11.3 Å². The molecule has 0 spiro atoms. The number of hydrogen-bond acceptors (Lipinski definition) is 3. The molecular weight excluding hydrogens is 497 g/mol. The number of nitrogens with zero attached hydrogens (tertiary/aromatic N) is 3. The zero-order valence-corrected chi connectivity index (χ0v) is 22.3. The molecule has 0 aliphatic carbocycles. The third kappa shape index (κ3) is 3.53. The van der Waals surface area contributed by atoms with E-state index >= 15 is 0 Å². The lowest BCUT2D eigenvalue weighted by molar-refractivity contribution is 1.25. The molecule has 0 aromatic heterocycles. The van der Waals surface area contributed by atoms with E-state index < -0.39 is 0 Å². The fraction of sp³-hybridized carbons (Fsp3) is 0. The summed E-state index contributed by atoms with van der Waals surface area (Å²) in [6.45, 7) is -0.00996. The third-order valence-corrected chi connectivity index (χ3v) is 8.25. The van der Waals surface area contributed by atoms with Gasteiger partial charge in [0.1, 0.15) is 6.07 Å². The van der Waals surface area contributed by atoms with E-state index in [1.807, 2.05) is 18.2 Å². The van der Waals surface area contributed by atoms with Crippen LogP contribution >= 0.6 is 0 Å². The Balaban J connectivity index is 1.54. The summed E-state index contributed by atoms with van der Waals surface area (Å²) < 4.78 is 0. The maximum absolute atomic E-state index is 10.4. The highest BCUT2D eigenvalue weighted by atomic mass is 15.2. The first-order chi connectivity index (χ1) is 20.3. The van der Waals surface area contributed by atoms with Crippen molar-refractivity contribution in [2.75, 3.05) is 9.80 Å². The average Bonchev–Trinajstić information content (AvgIpc) is 3.05. The van der Waals surface area contributed by atoms with Crippen molar-refractivity contribution in [3.8, 4) is 17.2 Å². The second kappa shape index (κ2) is 9.29. The van der Waals surface area contributed by atoms with Crippen LogP contribution in [-0.2, 0) is 0 Å². The van der Waals surface area contributed by atoms with Crippen LogP contribution in [-0.4, -0.2) is 6.71 Å². The lowest BCUT2D eigenvalue weighted by Gasteiger charge is -2.44. The number of anilines is 6. The number of fused-ring (bicyclic) bond motifs is 4. The van der Waals surface area contributed by atoms with E-state index in [1.165, 1.54) is 10.9 Å². The van der Waals surface area contributed by atoms with Gasteiger partial charge < -0.3 is 9.80 Å². The predicted molar refractivity (Wildman–Crippen MR) is 171 cm³/mol. The number of nitriles is 1. The molecule has 0 saturated heterocycles. The number of benzene rings is 6. The summed E-state index contributed by atoms with van der Waals surface area (Å²) in [6.07, 6.45) is 0. The molecule has 0 bridgehead atoms. The van der Waals surface area contributed by atoms with Crippen LogP contribution in [0, 0.1) is 11.3 Å². The number of para-hydroxylation sites is 4. The second-order valence-electron chi connectivity index (χ2n) is 10.5. The molecule has 3 nitrogen and oxygen atoms in total. The fourth-order valence-corrected chi connectivity index (χ4v) is 6.58. The molecule has 0 saturated carbocycles. The molecule has 0 atom stereocenters. The highest BCUT2D eigenvalue weighted by Crippen LogP contribution is 2.46. The van der Waals surface area contributed by atoms with Gasteiger partial charge >= 0.3 is 0 Å². The lowest BCUT2D eigenvalue weighted by atomic mass is 9.33. The summed E-state index contributed by atoms with van der Waals surface area (Å²) in [5.74, 6) is 0. The largest absolute Gasteiger partial charge is 0.311 e. The van der Waals surface area contributed by atoms with Crippen LogP contribution in [0.1, 0.15) is 5.56 Å². The third-order valence-electron chi connectivity index (χ3n) is 8.25. The van der Waals surface area contributed by atoms with Crippen molar-refractivity contribution in [1.82, 2.24) is 0 Å². The standard InChI is InChI=1S/C37H24BN3/c39-25-27-15-12-21-32-37(27)41(30-18-8-3-9-19-30)35-24-28(26-13-4-1-5-14-26)23-34-36(35)38(32)31-20-10-11-22-33(31)40(34)29-16-6-2-7-17-29/h1-24H. The van der Waals surface area contributed by atoms with Crippen molar-refractivity contribution in [3.63, 3.8) is 0 Å². The van der Waals surface area contributed by atoms with E-state index in [1.54, 1.807) is 0 Å². The quantitative estimate of drug-likeness (QED) is 0.229. The van der Waals surface area contributed by atoms with Gasteiger partial charge in [-0.25, -0.2) is 0 Å². The van der Waals surface area contributed by atoms with Gasteiger partial charge in [-0.05, 0) is 76.0 Å². The molecule has 41 heavy (non-hydrogen) atoms. The molecule has 0 radical (unpaired) electrons. The molecule has 2 aliphatic rings. The molecule has 0 fully saturated rings. The molecule has 0 N–H and O–H groups in total. The number of hydrogen-bond donors (Lipinski definition) is 0. The minimum Gasteiger partial charge on any atom is -0.311 e. The van der Waals surface area contributed by atoms with E-state index in [2.05, 4.69) is 143 Å². The van der Waals surface area contributed by atoms with Crippen LogP contribution < -0.4 is 26.2 Å². The molecule has 190 valence electrons. The molecule has 2 heterocycles. The van der Waals surface area contributed by atoms with Crippen molar-refractivity contribution in [3.05, 3.63) is 151 Å². The molecular formula is C37H24BN3. The van der Waals surface area contributed by atoms with Crippen molar-refractivity contribution >= 4 is 57.2 Å². The first-order valence-electron chi connectivity index (χ1n) is 13.9. The minimum absolute atomic E-state index is 0.00996. The van der Waals surface area contributed by atoms with Gasteiger partial charge in [0.2, 0.25) is 0 Å². The van der Waals surface area contributed by atoms with E-state index in [0.29, 0.717) is 5.56 Å². The fourth-order valence-electron chi connectivity index (χ4n) is 6.58. The van der Waals surface area contributed by atoms with Crippen molar-refractivity contribution in [1.29, 1.82) is 5.26 Å². The summed E-state index contributed by atoms with van der Waals surface area (Å²) in [4.78, 5) is 4.70. The summed E-state index contributed by atoms with van der Waals surface area (Å²) >= 11 is 0. The second-order valence-corrected chi connectivity index (χ2v) is 10.5. The maximum atomic E-state index is 10.4. The van der Waals surface area contributed by atoms with Crippen molar-refractivity contribution in [2.24, 2.45) is 0 Å². The Morgan fingerprint density at radius 3 is 1.73 bits per heavy atom.